The third-order valence-corrected chi connectivity index (χ3v) is 3.39. The van der Waals surface area contributed by atoms with Crippen molar-refractivity contribution in [1.29, 1.82) is 0 Å². The van der Waals surface area contributed by atoms with E-state index in [-0.39, 0.29) is 17.0 Å². The molecule has 1 atom stereocenters. The van der Waals surface area contributed by atoms with Crippen molar-refractivity contribution in [3.8, 4) is 11.6 Å². The first-order valence-electron chi connectivity index (χ1n) is 6.12. The number of hydrogen-bond acceptors (Lipinski definition) is 3. The zero-order valence-electron chi connectivity index (χ0n) is 10.9. The molecule has 0 fully saturated rings. The SMILES string of the molecule is Br.CC(C(=O)O)c1ccc2c(c1)Cc1cccnc1O2. The van der Waals surface area contributed by atoms with E-state index in [1.165, 1.54) is 0 Å². The van der Waals surface area contributed by atoms with Crippen molar-refractivity contribution in [3.63, 3.8) is 0 Å². The Morgan fingerprint density at radius 1 is 1.35 bits per heavy atom. The lowest BCUT2D eigenvalue weighted by atomic mass is 9.95. The van der Waals surface area contributed by atoms with Gasteiger partial charge in [-0.3, -0.25) is 4.79 Å². The van der Waals surface area contributed by atoms with Crippen LogP contribution >= 0.6 is 17.0 Å². The Kier molecular flexibility index (Phi) is 4.09. The second-order valence-electron chi connectivity index (χ2n) is 4.67. The van der Waals surface area contributed by atoms with E-state index in [1.54, 1.807) is 19.2 Å². The van der Waals surface area contributed by atoms with E-state index < -0.39 is 11.9 Å². The van der Waals surface area contributed by atoms with E-state index in [9.17, 15) is 4.79 Å². The lowest BCUT2D eigenvalue weighted by molar-refractivity contribution is -0.138. The summed E-state index contributed by atoms with van der Waals surface area (Å²) in [6.45, 7) is 1.68. The first kappa shape index (κ1) is 14.5. The smallest absolute Gasteiger partial charge is 0.310 e. The number of fused-ring (bicyclic) bond motifs is 2. The Bertz CT molecular complexity index is 657. The van der Waals surface area contributed by atoms with Crippen molar-refractivity contribution in [3.05, 3.63) is 53.2 Å². The second kappa shape index (κ2) is 5.63. The van der Waals surface area contributed by atoms with Gasteiger partial charge in [0, 0.05) is 18.2 Å². The number of ether oxygens (including phenoxy) is 1. The number of hydrogen-bond donors (Lipinski definition) is 1. The number of carbonyl (C=O) groups is 1. The number of aliphatic carboxylic acids is 1. The molecule has 1 aliphatic rings. The standard InChI is InChI=1S/C15H13NO3.BrH/c1-9(15(17)18)10-4-5-13-12(7-10)8-11-3-2-6-16-14(11)19-13;/h2-7,9H,8H2,1H3,(H,17,18);1H. The van der Waals surface area contributed by atoms with Gasteiger partial charge < -0.3 is 9.84 Å². The summed E-state index contributed by atoms with van der Waals surface area (Å²) in [5.74, 6) is 0.0564. The molecule has 0 radical (unpaired) electrons. The fourth-order valence-electron chi connectivity index (χ4n) is 2.21. The number of halogens is 1. The number of rotatable bonds is 2. The predicted octanol–water partition coefficient (Wildman–Crippen LogP) is 3.54. The Morgan fingerprint density at radius 2 is 2.15 bits per heavy atom. The van der Waals surface area contributed by atoms with Gasteiger partial charge in [0.05, 0.1) is 5.92 Å². The molecule has 0 aliphatic carbocycles. The van der Waals surface area contributed by atoms with Crippen LogP contribution < -0.4 is 4.74 Å². The molecule has 0 saturated heterocycles. The molecule has 1 N–H and O–H groups in total. The fraction of sp³-hybridized carbons (Fsp3) is 0.200. The van der Waals surface area contributed by atoms with E-state index in [2.05, 4.69) is 4.98 Å². The zero-order valence-corrected chi connectivity index (χ0v) is 12.6. The zero-order chi connectivity index (χ0) is 13.4. The molecule has 2 heterocycles. The van der Waals surface area contributed by atoms with Crippen LogP contribution in [0.5, 0.6) is 11.6 Å². The molecule has 1 aliphatic heterocycles. The molecule has 1 aromatic carbocycles. The summed E-state index contributed by atoms with van der Waals surface area (Å²) in [5.41, 5.74) is 2.82. The average molecular weight is 336 g/mol. The highest BCUT2D eigenvalue weighted by Crippen LogP contribution is 2.36. The molecule has 0 bridgehead atoms. The van der Waals surface area contributed by atoms with Crippen LogP contribution in [0.2, 0.25) is 0 Å². The third-order valence-electron chi connectivity index (χ3n) is 3.39. The van der Waals surface area contributed by atoms with Crippen LogP contribution in [0.25, 0.3) is 0 Å². The molecule has 0 saturated carbocycles. The van der Waals surface area contributed by atoms with Crippen molar-refractivity contribution in [2.45, 2.75) is 19.3 Å². The Balaban J connectivity index is 0.00000147. The van der Waals surface area contributed by atoms with Gasteiger partial charge in [-0.05, 0) is 30.2 Å². The summed E-state index contributed by atoms with van der Waals surface area (Å²) >= 11 is 0. The highest BCUT2D eigenvalue weighted by molar-refractivity contribution is 8.93. The van der Waals surface area contributed by atoms with Gasteiger partial charge >= 0.3 is 5.97 Å². The molecule has 1 aromatic heterocycles. The van der Waals surface area contributed by atoms with Gasteiger partial charge in [0.25, 0.3) is 0 Å². The first-order chi connectivity index (χ1) is 9.15. The van der Waals surface area contributed by atoms with Gasteiger partial charge in [0.2, 0.25) is 5.88 Å². The molecule has 4 nitrogen and oxygen atoms in total. The monoisotopic (exact) mass is 335 g/mol. The van der Waals surface area contributed by atoms with E-state index in [1.807, 2.05) is 24.3 Å². The Morgan fingerprint density at radius 3 is 2.90 bits per heavy atom. The van der Waals surface area contributed by atoms with Crippen LogP contribution in [0.1, 0.15) is 29.5 Å². The van der Waals surface area contributed by atoms with E-state index in [0.29, 0.717) is 5.88 Å². The quantitative estimate of drug-likeness (QED) is 0.778. The molecule has 1 unspecified atom stereocenters. The topological polar surface area (TPSA) is 59.4 Å². The van der Waals surface area contributed by atoms with Crippen LogP contribution in [-0.4, -0.2) is 16.1 Å². The molecule has 3 rings (SSSR count). The maximum atomic E-state index is 11.0. The number of aromatic nitrogens is 1. The summed E-state index contributed by atoms with van der Waals surface area (Å²) in [5, 5.41) is 9.06. The van der Waals surface area contributed by atoms with E-state index >= 15 is 0 Å². The highest BCUT2D eigenvalue weighted by Gasteiger charge is 2.20. The largest absolute Gasteiger partial charge is 0.481 e. The van der Waals surface area contributed by atoms with E-state index in [0.717, 1.165) is 28.9 Å². The minimum absolute atomic E-state index is 0. The van der Waals surface area contributed by atoms with Crippen molar-refractivity contribution in [1.82, 2.24) is 4.98 Å². The van der Waals surface area contributed by atoms with Crippen molar-refractivity contribution >= 4 is 23.0 Å². The number of benzene rings is 1. The maximum absolute atomic E-state index is 11.0. The summed E-state index contributed by atoms with van der Waals surface area (Å²) in [7, 11) is 0. The second-order valence-corrected chi connectivity index (χ2v) is 4.67. The Hall–Kier alpha value is -1.88. The number of carboxylic acids is 1. The third kappa shape index (κ3) is 2.54. The van der Waals surface area contributed by atoms with Gasteiger partial charge in [-0.25, -0.2) is 4.98 Å². The molecule has 104 valence electrons. The molecule has 5 heteroatoms. The lowest BCUT2D eigenvalue weighted by Gasteiger charge is -2.20. The minimum Gasteiger partial charge on any atom is -0.481 e. The molecule has 2 aromatic rings. The number of carboxylic acid groups (broad SMARTS) is 1. The first-order valence-corrected chi connectivity index (χ1v) is 6.12. The van der Waals surface area contributed by atoms with Gasteiger partial charge in [-0.15, -0.1) is 17.0 Å². The minimum atomic E-state index is -0.821. The summed E-state index contributed by atoms with van der Waals surface area (Å²) in [6, 6.07) is 9.37. The van der Waals surface area contributed by atoms with Gasteiger partial charge in [0.15, 0.2) is 0 Å². The van der Waals surface area contributed by atoms with Crippen molar-refractivity contribution in [2.75, 3.05) is 0 Å². The predicted molar refractivity (Wildman–Crippen MR) is 79.9 cm³/mol. The number of pyridine rings is 1. The van der Waals surface area contributed by atoms with Gasteiger partial charge in [-0.1, -0.05) is 18.2 Å². The highest BCUT2D eigenvalue weighted by atomic mass is 79.9. The molecule has 0 spiro atoms. The Labute approximate surface area is 127 Å². The van der Waals surface area contributed by atoms with Gasteiger partial charge in [0.1, 0.15) is 5.75 Å². The molecule has 20 heavy (non-hydrogen) atoms. The van der Waals surface area contributed by atoms with Crippen molar-refractivity contribution in [2.24, 2.45) is 0 Å². The van der Waals surface area contributed by atoms with Crippen LogP contribution in [-0.2, 0) is 11.2 Å². The summed E-state index contributed by atoms with van der Waals surface area (Å²) in [6.07, 6.45) is 2.42. The van der Waals surface area contributed by atoms with Crippen LogP contribution in [0.3, 0.4) is 0 Å². The van der Waals surface area contributed by atoms with Crippen LogP contribution in [0.15, 0.2) is 36.5 Å². The fourth-order valence-corrected chi connectivity index (χ4v) is 2.21. The normalized spacial score (nSPS) is 13.2. The maximum Gasteiger partial charge on any atom is 0.310 e. The van der Waals surface area contributed by atoms with E-state index in [4.69, 9.17) is 9.84 Å². The van der Waals surface area contributed by atoms with Crippen molar-refractivity contribution < 1.29 is 14.6 Å². The van der Waals surface area contributed by atoms with Gasteiger partial charge in [-0.2, -0.15) is 0 Å². The summed E-state index contributed by atoms with van der Waals surface area (Å²) < 4.78 is 5.71. The number of nitrogens with zero attached hydrogens (tertiary/aromatic N) is 1. The molecular formula is C15H14BrNO3. The van der Waals surface area contributed by atoms with Crippen LogP contribution in [0, 0.1) is 0 Å². The molecular weight excluding hydrogens is 322 g/mol. The molecule has 0 amide bonds. The average Bonchev–Trinajstić information content (AvgIpc) is 2.43. The summed E-state index contributed by atoms with van der Waals surface area (Å²) in [4.78, 5) is 15.2. The lowest BCUT2D eigenvalue weighted by Crippen LogP contribution is -2.10. The van der Waals surface area contributed by atoms with Crippen LogP contribution in [0.4, 0.5) is 0 Å².